The number of carbonyl (C=O) groups excluding carboxylic acids is 3. The zero-order valence-corrected chi connectivity index (χ0v) is 43.0. The van der Waals surface area contributed by atoms with Gasteiger partial charge in [0.15, 0.2) is 6.10 Å². The van der Waals surface area contributed by atoms with E-state index in [0.717, 1.165) is 83.5 Å². The van der Waals surface area contributed by atoms with Crippen LogP contribution in [0.15, 0.2) is 60.8 Å². The molecule has 0 N–H and O–H groups in total. The standard InChI is InChI=1S/C59H104O6/c1-4-7-10-13-16-19-22-25-27-28-29-30-32-34-37-40-43-46-49-52-58(61)64-55-56(54-63-57(60)51-48-45-42-39-36-33-24-21-18-15-12-9-6-3)65-59(62)53-50-47-44-41-38-35-31-26-23-20-17-14-11-8-5-2/h9,12,15,18,20-21,23-24,28-29,56H,4-8,10-11,13-14,16-17,19,22,25-27,30-55H2,1-3H3/b12-9-,18-15-,23-20-,24-21-,29-28-. The van der Waals surface area contributed by atoms with Crippen molar-refractivity contribution in [3.8, 4) is 0 Å². The lowest BCUT2D eigenvalue weighted by atomic mass is 10.1. The Hall–Kier alpha value is -2.89. The Kier molecular flexibility index (Phi) is 51.3. The molecule has 0 heterocycles. The predicted molar refractivity (Wildman–Crippen MR) is 279 cm³/mol. The lowest BCUT2D eigenvalue weighted by molar-refractivity contribution is -0.167. The van der Waals surface area contributed by atoms with Crippen molar-refractivity contribution < 1.29 is 28.6 Å². The molecule has 0 rings (SSSR count). The zero-order valence-electron chi connectivity index (χ0n) is 43.0. The third-order valence-electron chi connectivity index (χ3n) is 12.0. The number of hydrogen-bond donors (Lipinski definition) is 0. The third kappa shape index (κ3) is 51.9. The summed E-state index contributed by atoms with van der Waals surface area (Å²) >= 11 is 0. The van der Waals surface area contributed by atoms with Crippen molar-refractivity contribution in [2.45, 2.75) is 284 Å². The molecule has 0 spiro atoms. The van der Waals surface area contributed by atoms with Crippen molar-refractivity contribution in [2.75, 3.05) is 13.2 Å². The van der Waals surface area contributed by atoms with Crippen LogP contribution in [0.25, 0.3) is 0 Å². The van der Waals surface area contributed by atoms with Crippen LogP contribution in [0.3, 0.4) is 0 Å². The number of allylic oxidation sites excluding steroid dienone is 10. The molecule has 6 heteroatoms. The summed E-state index contributed by atoms with van der Waals surface area (Å²) in [5.74, 6) is -0.906. The highest BCUT2D eigenvalue weighted by Gasteiger charge is 2.19. The number of ether oxygens (including phenoxy) is 3. The fraction of sp³-hybridized carbons (Fsp3) is 0.780. The Morgan fingerprint density at radius 2 is 0.615 bits per heavy atom. The fourth-order valence-corrected chi connectivity index (χ4v) is 7.84. The quantitative estimate of drug-likeness (QED) is 0.0199. The van der Waals surface area contributed by atoms with Crippen molar-refractivity contribution >= 4 is 17.9 Å². The van der Waals surface area contributed by atoms with Gasteiger partial charge >= 0.3 is 17.9 Å². The van der Waals surface area contributed by atoms with Crippen LogP contribution in [0, 0.1) is 0 Å². The molecular weight excluding hydrogens is 805 g/mol. The van der Waals surface area contributed by atoms with Gasteiger partial charge in [0.1, 0.15) is 13.2 Å². The number of esters is 3. The normalized spacial score (nSPS) is 12.5. The SMILES string of the molecule is CC\C=C/C=C\C=C/CCCCCCCC(=O)OCC(COC(=O)CCCCCCCCC/C=C\CCCCCCCCCC)OC(=O)CCCCCCCCC/C=C\CCCCCC. The minimum absolute atomic E-state index is 0.0842. The van der Waals surface area contributed by atoms with E-state index in [4.69, 9.17) is 14.2 Å². The fourth-order valence-electron chi connectivity index (χ4n) is 7.84. The van der Waals surface area contributed by atoms with Crippen molar-refractivity contribution in [3.05, 3.63) is 60.8 Å². The molecule has 0 aromatic rings. The molecule has 1 atom stereocenters. The van der Waals surface area contributed by atoms with E-state index in [0.29, 0.717) is 19.3 Å². The first-order valence-electron chi connectivity index (χ1n) is 27.8. The van der Waals surface area contributed by atoms with Crippen LogP contribution in [-0.4, -0.2) is 37.2 Å². The maximum atomic E-state index is 12.8. The second kappa shape index (κ2) is 53.7. The highest BCUT2D eigenvalue weighted by Crippen LogP contribution is 2.15. The van der Waals surface area contributed by atoms with Gasteiger partial charge in [-0.1, -0.05) is 229 Å². The Labute approximate surface area is 402 Å². The van der Waals surface area contributed by atoms with Crippen molar-refractivity contribution in [1.29, 1.82) is 0 Å². The van der Waals surface area contributed by atoms with E-state index in [9.17, 15) is 14.4 Å². The smallest absolute Gasteiger partial charge is 0.306 e. The summed E-state index contributed by atoms with van der Waals surface area (Å²) in [6.07, 6.45) is 66.4. The molecule has 0 aromatic carbocycles. The molecule has 0 amide bonds. The van der Waals surface area contributed by atoms with Crippen LogP contribution < -0.4 is 0 Å². The van der Waals surface area contributed by atoms with Gasteiger partial charge in [-0.05, 0) is 89.9 Å². The van der Waals surface area contributed by atoms with E-state index >= 15 is 0 Å². The number of carbonyl (C=O) groups is 3. The molecule has 0 radical (unpaired) electrons. The summed E-state index contributed by atoms with van der Waals surface area (Å²) in [6, 6.07) is 0. The molecule has 65 heavy (non-hydrogen) atoms. The highest BCUT2D eigenvalue weighted by atomic mass is 16.6. The van der Waals surface area contributed by atoms with Crippen LogP contribution in [-0.2, 0) is 28.6 Å². The van der Waals surface area contributed by atoms with E-state index in [1.54, 1.807) is 0 Å². The molecule has 376 valence electrons. The second-order valence-corrected chi connectivity index (χ2v) is 18.5. The van der Waals surface area contributed by atoms with Crippen molar-refractivity contribution in [2.24, 2.45) is 0 Å². The van der Waals surface area contributed by atoms with E-state index < -0.39 is 6.10 Å². The minimum Gasteiger partial charge on any atom is -0.462 e. The molecule has 0 aliphatic carbocycles. The lowest BCUT2D eigenvalue weighted by Crippen LogP contribution is -2.30. The van der Waals surface area contributed by atoms with E-state index in [1.165, 1.54) is 154 Å². The van der Waals surface area contributed by atoms with Gasteiger partial charge in [0.25, 0.3) is 0 Å². The van der Waals surface area contributed by atoms with E-state index in [-0.39, 0.29) is 31.1 Å². The van der Waals surface area contributed by atoms with Crippen LogP contribution in [0.5, 0.6) is 0 Å². The van der Waals surface area contributed by atoms with Gasteiger partial charge < -0.3 is 14.2 Å². The average Bonchev–Trinajstić information content (AvgIpc) is 3.30. The van der Waals surface area contributed by atoms with Crippen LogP contribution in [0.1, 0.15) is 278 Å². The highest BCUT2D eigenvalue weighted by molar-refractivity contribution is 5.71. The third-order valence-corrected chi connectivity index (χ3v) is 12.0. The lowest BCUT2D eigenvalue weighted by Gasteiger charge is -2.18. The molecule has 0 aromatic heterocycles. The first kappa shape index (κ1) is 62.1. The largest absolute Gasteiger partial charge is 0.462 e. The van der Waals surface area contributed by atoms with Gasteiger partial charge in [-0.15, -0.1) is 0 Å². The van der Waals surface area contributed by atoms with Gasteiger partial charge in [-0.25, -0.2) is 0 Å². The Morgan fingerprint density at radius 3 is 0.985 bits per heavy atom. The van der Waals surface area contributed by atoms with Gasteiger partial charge in [-0.2, -0.15) is 0 Å². The molecule has 0 bridgehead atoms. The van der Waals surface area contributed by atoms with Gasteiger partial charge in [0.2, 0.25) is 0 Å². The van der Waals surface area contributed by atoms with Gasteiger partial charge in [0.05, 0.1) is 0 Å². The van der Waals surface area contributed by atoms with Gasteiger partial charge in [-0.3, -0.25) is 14.4 Å². The van der Waals surface area contributed by atoms with Gasteiger partial charge in [0, 0.05) is 19.3 Å². The monoisotopic (exact) mass is 909 g/mol. The molecule has 0 aliphatic heterocycles. The topological polar surface area (TPSA) is 78.9 Å². The zero-order chi connectivity index (χ0) is 47.2. The molecule has 0 saturated heterocycles. The maximum absolute atomic E-state index is 12.8. The number of hydrogen-bond acceptors (Lipinski definition) is 6. The summed E-state index contributed by atoms with van der Waals surface area (Å²) in [4.78, 5) is 38.1. The van der Waals surface area contributed by atoms with Crippen molar-refractivity contribution in [1.82, 2.24) is 0 Å². The Balaban J connectivity index is 4.37. The van der Waals surface area contributed by atoms with E-state index in [1.807, 2.05) is 0 Å². The summed E-state index contributed by atoms with van der Waals surface area (Å²) < 4.78 is 16.8. The average molecular weight is 909 g/mol. The second-order valence-electron chi connectivity index (χ2n) is 18.5. The molecular formula is C59H104O6. The van der Waals surface area contributed by atoms with Crippen LogP contribution in [0.4, 0.5) is 0 Å². The Morgan fingerprint density at radius 1 is 0.323 bits per heavy atom. The number of rotatable bonds is 50. The molecule has 0 aliphatic rings. The van der Waals surface area contributed by atoms with E-state index in [2.05, 4.69) is 81.5 Å². The molecule has 1 unspecified atom stereocenters. The minimum atomic E-state index is -0.786. The molecule has 6 nitrogen and oxygen atoms in total. The van der Waals surface area contributed by atoms with Crippen LogP contribution >= 0.6 is 0 Å². The first-order valence-corrected chi connectivity index (χ1v) is 27.8. The van der Waals surface area contributed by atoms with Crippen molar-refractivity contribution in [3.63, 3.8) is 0 Å². The predicted octanol–water partition coefficient (Wildman–Crippen LogP) is 18.4. The number of unbranched alkanes of at least 4 members (excludes halogenated alkanes) is 31. The summed E-state index contributed by atoms with van der Waals surface area (Å²) in [5, 5.41) is 0. The summed E-state index contributed by atoms with van der Waals surface area (Å²) in [6.45, 7) is 6.49. The first-order chi connectivity index (χ1) is 32.0. The molecule has 0 saturated carbocycles. The van der Waals surface area contributed by atoms with Crippen LogP contribution in [0.2, 0.25) is 0 Å². The maximum Gasteiger partial charge on any atom is 0.306 e. The summed E-state index contributed by atoms with van der Waals surface area (Å²) in [5.41, 5.74) is 0. The Bertz CT molecular complexity index is 1180. The molecule has 0 fully saturated rings. The summed E-state index contributed by atoms with van der Waals surface area (Å²) in [7, 11) is 0.